The molecule has 0 spiro atoms. The number of hydrogen-bond acceptors (Lipinski definition) is 4. The van der Waals surface area contributed by atoms with Crippen molar-refractivity contribution in [3.63, 3.8) is 0 Å². The second-order valence-corrected chi connectivity index (χ2v) is 6.62. The van der Waals surface area contributed by atoms with Crippen molar-refractivity contribution in [1.82, 2.24) is 5.32 Å². The third-order valence-electron chi connectivity index (χ3n) is 3.84. The Kier molecular flexibility index (Phi) is 6.39. The number of methoxy groups -OCH3 is 1. The topological polar surface area (TPSA) is 50.4 Å². The van der Waals surface area contributed by atoms with Crippen LogP contribution in [0.25, 0.3) is 0 Å². The number of carbonyl (C=O) groups excluding carboxylic acids is 1. The Balaban J connectivity index is 3.01. The van der Waals surface area contributed by atoms with Crippen LogP contribution in [0.2, 0.25) is 0 Å². The standard InChI is InChI=1S/C16H22N2O2S2/c1-7-16(8-2,9-3)18-15(21)17-13-12(14(19)20-6)10(4)11(5)22-13/h1H,8-9H2,2-6H3,(H2,17,18,21). The fourth-order valence-corrected chi connectivity index (χ4v) is 3.50. The van der Waals surface area contributed by atoms with Crippen molar-refractivity contribution in [2.75, 3.05) is 12.4 Å². The van der Waals surface area contributed by atoms with Crippen LogP contribution in [-0.4, -0.2) is 23.7 Å². The van der Waals surface area contributed by atoms with Gasteiger partial charge in [-0.1, -0.05) is 19.8 Å². The third-order valence-corrected chi connectivity index (χ3v) is 5.16. The molecule has 0 bridgehead atoms. The van der Waals surface area contributed by atoms with E-state index >= 15 is 0 Å². The van der Waals surface area contributed by atoms with Gasteiger partial charge < -0.3 is 15.4 Å². The van der Waals surface area contributed by atoms with Crippen molar-refractivity contribution >= 4 is 39.6 Å². The summed E-state index contributed by atoms with van der Waals surface area (Å²) >= 11 is 6.83. The maximum atomic E-state index is 12.0. The summed E-state index contributed by atoms with van der Waals surface area (Å²) in [4.78, 5) is 13.0. The maximum absolute atomic E-state index is 12.0. The summed E-state index contributed by atoms with van der Waals surface area (Å²) in [6.07, 6.45) is 7.14. The molecule has 0 fully saturated rings. The highest BCUT2D eigenvalue weighted by molar-refractivity contribution is 7.80. The average molecular weight is 338 g/mol. The van der Waals surface area contributed by atoms with Crippen LogP contribution in [0.15, 0.2) is 0 Å². The van der Waals surface area contributed by atoms with E-state index in [0.29, 0.717) is 15.7 Å². The molecular weight excluding hydrogens is 316 g/mol. The summed E-state index contributed by atoms with van der Waals surface area (Å²) in [6.45, 7) is 7.87. The zero-order valence-corrected chi connectivity index (χ0v) is 15.3. The van der Waals surface area contributed by atoms with Gasteiger partial charge in [-0.2, -0.15) is 0 Å². The molecule has 2 N–H and O–H groups in total. The lowest BCUT2D eigenvalue weighted by Gasteiger charge is -2.28. The van der Waals surface area contributed by atoms with Gasteiger partial charge in [0.2, 0.25) is 0 Å². The molecule has 4 nitrogen and oxygen atoms in total. The molecule has 120 valence electrons. The summed E-state index contributed by atoms with van der Waals surface area (Å²) < 4.78 is 4.85. The van der Waals surface area contributed by atoms with Crippen LogP contribution in [0.4, 0.5) is 5.00 Å². The fraction of sp³-hybridized carbons (Fsp3) is 0.500. The number of anilines is 1. The van der Waals surface area contributed by atoms with Gasteiger partial charge in [-0.3, -0.25) is 0 Å². The molecular formula is C16H22N2O2S2. The van der Waals surface area contributed by atoms with Gasteiger partial charge >= 0.3 is 5.97 Å². The quantitative estimate of drug-likeness (QED) is 0.488. The van der Waals surface area contributed by atoms with E-state index in [1.165, 1.54) is 18.4 Å². The van der Waals surface area contributed by atoms with Gasteiger partial charge in [-0.15, -0.1) is 17.8 Å². The molecule has 0 aliphatic heterocycles. The summed E-state index contributed by atoms with van der Waals surface area (Å²) in [5.41, 5.74) is 0.946. The minimum absolute atomic E-state index is 0.374. The molecule has 0 saturated heterocycles. The van der Waals surface area contributed by atoms with Crippen LogP contribution in [-0.2, 0) is 4.74 Å². The number of terminal acetylenes is 1. The van der Waals surface area contributed by atoms with E-state index in [9.17, 15) is 4.79 Å². The highest BCUT2D eigenvalue weighted by Gasteiger charge is 2.25. The monoisotopic (exact) mass is 338 g/mol. The minimum atomic E-state index is -0.475. The highest BCUT2D eigenvalue weighted by Crippen LogP contribution is 2.33. The van der Waals surface area contributed by atoms with Crippen LogP contribution >= 0.6 is 23.6 Å². The molecule has 0 aliphatic rings. The Labute approximate surface area is 141 Å². The second-order valence-electron chi connectivity index (χ2n) is 4.99. The molecule has 0 saturated carbocycles. The number of hydrogen-bond donors (Lipinski definition) is 2. The predicted molar refractivity (Wildman–Crippen MR) is 96.6 cm³/mol. The smallest absolute Gasteiger partial charge is 0.341 e. The first-order chi connectivity index (χ1) is 10.3. The van der Waals surface area contributed by atoms with E-state index in [1.54, 1.807) is 0 Å². The molecule has 1 aromatic rings. The molecule has 0 radical (unpaired) electrons. The van der Waals surface area contributed by atoms with Crippen molar-refractivity contribution in [1.29, 1.82) is 0 Å². The van der Waals surface area contributed by atoms with E-state index in [0.717, 1.165) is 23.3 Å². The lowest BCUT2D eigenvalue weighted by molar-refractivity contribution is 0.0601. The molecule has 0 unspecified atom stereocenters. The molecule has 1 rings (SSSR count). The van der Waals surface area contributed by atoms with Crippen molar-refractivity contribution in [3.05, 3.63) is 16.0 Å². The molecule has 0 aromatic carbocycles. The summed E-state index contributed by atoms with van der Waals surface area (Å²) in [5.74, 6) is 2.40. The minimum Gasteiger partial charge on any atom is -0.465 e. The number of aryl methyl sites for hydroxylation is 1. The maximum Gasteiger partial charge on any atom is 0.341 e. The van der Waals surface area contributed by atoms with E-state index in [4.69, 9.17) is 23.4 Å². The molecule has 0 aliphatic carbocycles. The van der Waals surface area contributed by atoms with E-state index in [-0.39, 0.29) is 5.97 Å². The largest absolute Gasteiger partial charge is 0.465 e. The number of thiocarbonyl (C=S) groups is 1. The summed E-state index contributed by atoms with van der Waals surface area (Å²) in [6, 6.07) is 0. The molecule has 0 atom stereocenters. The van der Waals surface area contributed by atoms with Crippen LogP contribution in [0.3, 0.4) is 0 Å². The lowest BCUT2D eigenvalue weighted by Crippen LogP contribution is -2.48. The first kappa shape index (κ1) is 18.5. The second kappa shape index (κ2) is 7.61. The van der Waals surface area contributed by atoms with Gasteiger partial charge in [0, 0.05) is 4.88 Å². The molecule has 0 amide bonds. The Hall–Kier alpha value is -1.58. The van der Waals surface area contributed by atoms with Crippen molar-refractivity contribution in [2.45, 2.75) is 46.1 Å². The van der Waals surface area contributed by atoms with Crippen molar-refractivity contribution in [3.8, 4) is 12.3 Å². The van der Waals surface area contributed by atoms with Gasteiger partial charge in [0.15, 0.2) is 5.11 Å². The first-order valence-electron chi connectivity index (χ1n) is 7.09. The van der Waals surface area contributed by atoms with Gasteiger partial charge in [-0.25, -0.2) is 4.79 Å². The van der Waals surface area contributed by atoms with Crippen molar-refractivity contribution in [2.24, 2.45) is 0 Å². The number of ether oxygens (including phenoxy) is 1. The SMILES string of the molecule is C#CC(CC)(CC)NC(=S)Nc1sc(C)c(C)c1C(=O)OC. The van der Waals surface area contributed by atoms with Gasteiger partial charge in [0.25, 0.3) is 0 Å². The van der Waals surface area contributed by atoms with Gasteiger partial charge in [0.1, 0.15) is 5.00 Å². The summed E-state index contributed by atoms with van der Waals surface area (Å²) in [5, 5.41) is 7.36. The Morgan fingerprint density at radius 1 is 1.41 bits per heavy atom. The predicted octanol–water partition coefficient (Wildman–Crippen LogP) is 3.63. The highest BCUT2D eigenvalue weighted by atomic mass is 32.1. The van der Waals surface area contributed by atoms with E-state index < -0.39 is 5.54 Å². The molecule has 1 aromatic heterocycles. The lowest BCUT2D eigenvalue weighted by atomic mass is 9.94. The average Bonchev–Trinajstić information content (AvgIpc) is 2.78. The first-order valence-corrected chi connectivity index (χ1v) is 8.31. The van der Waals surface area contributed by atoms with E-state index in [1.807, 2.05) is 27.7 Å². The van der Waals surface area contributed by atoms with E-state index in [2.05, 4.69) is 16.6 Å². The molecule has 22 heavy (non-hydrogen) atoms. The van der Waals surface area contributed by atoms with Gasteiger partial charge in [0.05, 0.1) is 18.2 Å². The Bertz CT molecular complexity index is 610. The van der Waals surface area contributed by atoms with Crippen LogP contribution in [0, 0.1) is 26.2 Å². The Morgan fingerprint density at radius 2 is 2.00 bits per heavy atom. The number of esters is 1. The van der Waals surface area contributed by atoms with Crippen molar-refractivity contribution < 1.29 is 9.53 Å². The number of carbonyl (C=O) groups is 1. The third kappa shape index (κ3) is 3.79. The number of rotatable bonds is 5. The van der Waals surface area contributed by atoms with Crippen LogP contribution in [0.5, 0.6) is 0 Å². The number of thiophene rings is 1. The molecule has 6 heteroatoms. The zero-order chi connectivity index (χ0) is 16.9. The normalized spacial score (nSPS) is 10.7. The Morgan fingerprint density at radius 3 is 2.45 bits per heavy atom. The van der Waals surface area contributed by atoms with Crippen LogP contribution in [0.1, 0.15) is 47.5 Å². The fourth-order valence-electron chi connectivity index (χ4n) is 2.08. The van der Waals surface area contributed by atoms with Crippen LogP contribution < -0.4 is 10.6 Å². The van der Waals surface area contributed by atoms with Gasteiger partial charge in [-0.05, 0) is 44.5 Å². The zero-order valence-electron chi connectivity index (χ0n) is 13.6. The molecule has 1 heterocycles. The summed E-state index contributed by atoms with van der Waals surface area (Å²) in [7, 11) is 1.37. The number of nitrogens with one attached hydrogen (secondary N) is 2.